The van der Waals surface area contributed by atoms with Gasteiger partial charge in [0.05, 0.1) is 23.1 Å². The third-order valence-corrected chi connectivity index (χ3v) is 4.93. The second-order valence-electron chi connectivity index (χ2n) is 4.73. The molecule has 0 aromatic heterocycles. The highest BCUT2D eigenvalue weighted by Crippen LogP contribution is 2.43. The topological polar surface area (TPSA) is 50.7 Å². The fourth-order valence-corrected chi connectivity index (χ4v) is 3.67. The normalized spacial score (nSPS) is 27.8. The van der Waals surface area contributed by atoms with Crippen LogP contribution in [0.2, 0.25) is 5.02 Å². The SMILES string of the molecule is C=C1CC2(CCO1)SC(=Nc1ccccc1Cl)NC2=O. The van der Waals surface area contributed by atoms with Crippen LogP contribution in [0, 0.1) is 0 Å². The lowest BCUT2D eigenvalue weighted by atomic mass is 9.97. The Morgan fingerprint density at radius 3 is 3.00 bits per heavy atom. The molecule has 0 radical (unpaired) electrons. The van der Waals surface area contributed by atoms with Gasteiger partial charge in [0.15, 0.2) is 5.17 Å². The number of thioether (sulfide) groups is 1. The summed E-state index contributed by atoms with van der Waals surface area (Å²) in [5, 5.41) is 3.97. The van der Waals surface area contributed by atoms with Gasteiger partial charge in [-0.1, -0.05) is 42.1 Å². The van der Waals surface area contributed by atoms with Crippen LogP contribution in [-0.4, -0.2) is 22.4 Å². The van der Waals surface area contributed by atoms with Gasteiger partial charge in [0.25, 0.3) is 0 Å². The van der Waals surface area contributed by atoms with E-state index in [-0.39, 0.29) is 5.91 Å². The van der Waals surface area contributed by atoms with Crippen molar-refractivity contribution >= 4 is 40.1 Å². The maximum atomic E-state index is 12.2. The molecular weight excluding hydrogens is 296 g/mol. The molecule has 2 heterocycles. The zero-order valence-electron chi connectivity index (χ0n) is 10.7. The molecule has 1 aromatic rings. The van der Waals surface area contributed by atoms with Gasteiger partial charge in [-0.25, -0.2) is 4.99 Å². The number of halogens is 1. The van der Waals surface area contributed by atoms with Crippen LogP contribution in [0.3, 0.4) is 0 Å². The molecule has 0 bridgehead atoms. The number of ether oxygens (including phenoxy) is 1. The molecule has 0 saturated carbocycles. The average Bonchev–Trinajstić information content (AvgIpc) is 2.68. The smallest absolute Gasteiger partial charge is 0.243 e. The van der Waals surface area contributed by atoms with E-state index in [4.69, 9.17) is 16.3 Å². The number of hydrogen-bond acceptors (Lipinski definition) is 4. The summed E-state index contributed by atoms with van der Waals surface area (Å²) in [4.78, 5) is 16.7. The first-order valence-electron chi connectivity index (χ1n) is 6.23. The number of benzene rings is 1. The van der Waals surface area contributed by atoms with Crippen LogP contribution in [0.5, 0.6) is 0 Å². The molecule has 3 rings (SSSR count). The number of aliphatic imine (C=N–C) groups is 1. The van der Waals surface area contributed by atoms with E-state index >= 15 is 0 Å². The van der Waals surface area contributed by atoms with Crippen LogP contribution in [0.25, 0.3) is 0 Å². The van der Waals surface area contributed by atoms with E-state index in [0.717, 1.165) is 0 Å². The Labute approximate surface area is 126 Å². The highest BCUT2D eigenvalue weighted by molar-refractivity contribution is 8.16. The molecular formula is C14H13ClN2O2S. The van der Waals surface area contributed by atoms with Crippen LogP contribution < -0.4 is 5.32 Å². The summed E-state index contributed by atoms with van der Waals surface area (Å²) in [5.74, 6) is 0.621. The Hall–Kier alpha value is -1.46. The summed E-state index contributed by atoms with van der Waals surface area (Å²) < 4.78 is 4.80. The number of allylic oxidation sites excluding steroid dienone is 1. The van der Waals surface area contributed by atoms with Crippen molar-refractivity contribution in [3.8, 4) is 0 Å². The monoisotopic (exact) mass is 308 g/mol. The van der Waals surface area contributed by atoms with Crippen molar-refractivity contribution in [2.24, 2.45) is 4.99 Å². The summed E-state index contributed by atoms with van der Waals surface area (Å²) in [5.41, 5.74) is 0.653. The van der Waals surface area contributed by atoms with Crippen LogP contribution in [0.15, 0.2) is 41.6 Å². The van der Waals surface area contributed by atoms with Gasteiger partial charge in [0, 0.05) is 12.8 Å². The number of nitrogens with one attached hydrogen (secondary N) is 1. The molecule has 2 fully saturated rings. The van der Waals surface area contributed by atoms with Crippen molar-refractivity contribution in [1.82, 2.24) is 5.32 Å². The number of nitrogens with zero attached hydrogens (tertiary/aromatic N) is 1. The van der Waals surface area contributed by atoms with Gasteiger partial charge in [-0.2, -0.15) is 0 Å². The highest BCUT2D eigenvalue weighted by atomic mass is 35.5. The van der Waals surface area contributed by atoms with E-state index in [0.29, 0.717) is 41.1 Å². The highest BCUT2D eigenvalue weighted by Gasteiger charge is 2.48. The molecule has 1 N–H and O–H groups in total. The Morgan fingerprint density at radius 2 is 2.25 bits per heavy atom. The number of amidine groups is 1. The van der Waals surface area contributed by atoms with Crippen LogP contribution in [-0.2, 0) is 9.53 Å². The molecule has 1 amide bonds. The number of para-hydroxylation sites is 1. The number of carbonyl (C=O) groups excluding carboxylic acids is 1. The van der Waals surface area contributed by atoms with Gasteiger partial charge < -0.3 is 10.1 Å². The maximum Gasteiger partial charge on any atom is 0.243 e. The zero-order chi connectivity index (χ0) is 14.2. The molecule has 2 aliphatic rings. The molecule has 1 spiro atoms. The molecule has 4 nitrogen and oxygen atoms in total. The predicted octanol–water partition coefficient (Wildman–Crippen LogP) is 3.25. The Kier molecular flexibility index (Phi) is 3.48. The van der Waals surface area contributed by atoms with Crippen molar-refractivity contribution in [3.05, 3.63) is 41.6 Å². The number of rotatable bonds is 1. The number of amides is 1. The Balaban J connectivity index is 1.87. The first-order valence-corrected chi connectivity index (χ1v) is 7.43. The molecule has 1 aromatic carbocycles. The van der Waals surface area contributed by atoms with E-state index in [2.05, 4.69) is 16.9 Å². The van der Waals surface area contributed by atoms with E-state index < -0.39 is 4.75 Å². The second kappa shape index (κ2) is 5.14. The minimum Gasteiger partial charge on any atom is -0.498 e. The van der Waals surface area contributed by atoms with E-state index in [1.54, 1.807) is 6.07 Å². The molecule has 2 saturated heterocycles. The summed E-state index contributed by atoms with van der Waals surface area (Å²) in [7, 11) is 0. The van der Waals surface area contributed by atoms with Crippen molar-refractivity contribution < 1.29 is 9.53 Å². The second-order valence-corrected chi connectivity index (χ2v) is 6.51. The minimum absolute atomic E-state index is 0.0299. The molecule has 6 heteroatoms. The van der Waals surface area contributed by atoms with Gasteiger partial charge in [-0.3, -0.25) is 4.79 Å². The Morgan fingerprint density at radius 1 is 1.45 bits per heavy atom. The van der Waals surface area contributed by atoms with Crippen molar-refractivity contribution in [1.29, 1.82) is 0 Å². The quantitative estimate of drug-likeness (QED) is 0.866. The molecule has 104 valence electrons. The molecule has 0 aliphatic carbocycles. The first kappa shape index (κ1) is 13.5. The molecule has 20 heavy (non-hydrogen) atoms. The van der Waals surface area contributed by atoms with Crippen molar-refractivity contribution in [3.63, 3.8) is 0 Å². The molecule has 1 atom stereocenters. The van der Waals surface area contributed by atoms with Crippen molar-refractivity contribution in [2.75, 3.05) is 6.61 Å². The van der Waals surface area contributed by atoms with Gasteiger partial charge in [0.2, 0.25) is 5.91 Å². The van der Waals surface area contributed by atoms with E-state index in [1.807, 2.05) is 18.2 Å². The number of hydrogen-bond donors (Lipinski definition) is 1. The largest absolute Gasteiger partial charge is 0.498 e. The lowest BCUT2D eigenvalue weighted by molar-refractivity contribution is -0.122. The lowest BCUT2D eigenvalue weighted by Gasteiger charge is -2.30. The van der Waals surface area contributed by atoms with Gasteiger partial charge in [-0.05, 0) is 12.1 Å². The summed E-state index contributed by atoms with van der Waals surface area (Å²) in [6, 6.07) is 7.29. The summed E-state index contributed by atoms with van der Waals surface area (Å²) in [6.07, 6.45) is 1.18. The van der Waals surface area contributed by atoms with Gasteiger partial charge in [0.1, 0.15) is 4.75 Å². The molecule has 2 aliphatic heterocycles. The lowest BCUT2D eigenvalue weighted by Crippen LogP contribution is -2.40. The summed E-state index contributed by atoms with van der Waals surface area (Å²) in [6.45, 7) is 4.33. The summed E-state index contributed by atoms with van der Waals surface area (Å²) >= 11 is 7.52. The Bertz CT molecular complexity index is 617. The minimum atomic E-state index is -0.532. The average molecular weight is 309 g/mol. The molecule has 1 unspecified atom stereocenters. The third kappa shape index (κ3) is 2.43. The van der Waals surface area contributed by atoms with Crippen LogP contribution in [0.4, 0.5) is 5.69 Å². The van der Waals surface area contributed by atoms with Gasteiger partial charge >= 0.3 is 0 Å². The van der Waals surface area contributed by atoms with E-state index in [9.17, 15) is 4.79 Å². The van der Waals surface area contributed by atoms with E-state index in [1.165, 1.54) is 11.8 Å². The van der Waals surface area contributed by atoms with Crippen LogP contribution >= 0.6 is 23.4 Å². The van der Waals surface area contributed by atoms with Crippen molar-refractivity contribution in [2.45, 2.75) is 17.6 Å². The zero-order valence-corrected chi connectivity index (χ0v) is 12.3. The third-order valence-electron chi connectivity index (χ3n) is 3.30. The fourth-order valence-electron chi connectivity index (χ4n) is 2.27. The van der Waals surface area contributed by atoms with Gasteiger partial charge in [-0.15, -0.1) is 0 Å². The number of carbonyl (C=O) groups is 1. The fraction of sp³-hybridized carbons (Fsp3) is 0.286. The first-order chi connectivity index (χ1) is 9.59. The van der Waals surface area contributed by atoms with Crippen LogP contribution in [0.1, 0.15) is 12.8 Å². The maximum absolute atomic E-state index is 12.2. The predicted molar refractivity (Wildman–Crippen MR) is 81.3 cm³/mol. The standard InChI is InChI=1S/C14H13ClN2O2S/c1-9-8-14(6-7-19-9)12(18)17-13(20-14)16-11-5-3-2-4-10(11)15/h2-5H,1,6-8H2,(H,16,17,18).